The van der Waals surface area contributed by atoms with Gasteiger partial charge in [0.2, 0.25) is 0 Å². The lowest BCUT2D eigenvalue weighted by Gasteiger charge is -2.22. The van der Waals surface area contributed by atoms with E-state index in [-0.39, 0.29) is 0 Å². The number of hydrogen-bond acceptors (Lipinski definition) is 0. The molecule has 1 aromatic rings. The van der Waals surface area contributed by atoms with E-state index in [1.807, 2.05) is 0 Å². The maximum Gasteiger partial charge on any atom is -0.0187 e. The van der Waals surface area contributed by atoms with Crippen LogP contribution in [0.15, 0.2) is 18.2 Å². The Bertz CT molecular complexity index is 325. The van der Waals surface area contributed by atoms with E-state index in [1.54, 1.807) is 16.7 Å². The highest BCUT2D eigenvalue weighted by molar-refractivity contribution is 5.39. The predicted molar refractivity (Wildman–Crippen MR) is 73.2 cm³/mol. The molecule has 0 bridgehead atoms. The van der Waals surface area contributed by atoms with Crippen molar-refractivity contribution in [3.8, 4) is 0 Å². The Morgan fingerprint density at radius 2 is 1.56 bits per heavy atom. The third kappa shape index (κ3) is 2.66. The summed E-state index contributed by atoms with van der Waals surface area (Å²) in [4.78, 5) is 0. The van der Waals surface area contributed by atoms with Gasteiger partial charge >= 0.3 is 0 Å². The first kappa shape index (κ1) is 13.3. The quantitative estimate of drug-likeness (QED) is 0.631. The lowest BCUT2D eigenvalue weighted by molar-refractivity contribution is 0.669. The highest BCUT2D eigenvalue weighted by Crippen LogP contribution is 2.32. The fourth-order valence-electron chi connectivity index (χ4n) is 2.40. The first-order chi connectivity index (χ1) is 7.65. The maximum atomic E-state index is 2.36. The molecule has 0 nitrogen and oxygen atoms in total. The van der Waals surface area contributed by atoms with Gasteiger partial charge in [-0.25, -0.2) is 0 Å². The van der Waals surface area contributed by atoms with Crippen LogP contribution in [0.1, 0.15) is 76.0 Å². The molecule has 90 valence electrons. The van der Waals surface area contributed by atoms with E-state index in [4.69, 9.17) is 0 Å². The molecular weight excluding hydrogens is 192 g/mol. The van der Waals surface area contributed by atoms with Crippen molar-refractivity contribution in [2.75, 3.05) is 0 Å². The molecule has 16 heavy (non-hydrogen) atoms. The summed E-state index contributed by atoms with van der Waals surface area (Å²) >= 11 is 0. The predicted octanol–water partition coefficient (Wildman–Crippen LogP) is 5.28. The molecule has 0 heteroatoms. The van der Waals surface area contributed by atoms with Crippen LogP contribution < -0.4 is 0 Å². The molecule has 0 saturated carbocycles. The Hall–Kier alpha value is -0.780. The van der Waals surface area contributed by atoms with Gasteiger partial charge < -0.3 is 0 Å². The van der Waals surface area contributed by atoms with Crippen LogP contribution in [0.4, 0.5) is 0 Å². The molecular formula is C16H26. The summed E-state index contributed by atoms with van der Waals surface area (Å²) in [5, 5.41) is 0. The Balaban J connectivity index is 3.25. The molecule has 0 N–H and O–H groups in total. The van der Waals surface area contributed by atoms with Crippen molar-refractivity contribution in [2.24, 2.45) is 0 Å². The van der Waals surface area contributed by atoms with Gasteiger partial charge in [-0.15, -0.1) is 0 Å². The summed E-state index contributed by atoms with van der Waals surface area (Å²) in [6.45, 7) is 11.5. The van der Waals surface area contributed by atoms with Crippen LogP contribution in [-0.4, -0.2) is 0 Å². The van der Waals surface area contributed by atoms with Gasteiger partial charge in [-0.1, -0.05) is 52.8 Å². The molecule has 2 unspecified atom stereocenters. The van der Waals surface area contributed by atoms with Crippen LogP contribution in [0.3, 0.4) is 0 Å². The molecule has 0 amide bonds. The number of rotatable bonds is 5. The second-order valence-corrected chi connectivity index (χ2v) is 4.89. The minimum atomic E-state index is 0.690. The van der Waals surface area contributed by atoms with E-state index in [0.717, 1.165) is 6.42 Å². The zero-order valence-electron chi connectivity index (χ0n) is 11.5. The molecule has 1 aromatic carbocycles. The minimum Gasteiger partial charge on any atom is -0.0648 e. The third-order valence-electron chi connectivity index (χ3n) is 3.86. The van der Waals surface area contributed by atoms with Gasteiger partial charge in [0.05, 0.1) is 0 Å². The van der Waals surface area contributed by atoms with Crippen molar-refractivity contribution < 1.29 is 0 Å². The Kier molecular flexibility index (Phi) is 5.05. The van der Waals surface area contributed by atoms with E-state index >= 15 is 0 Å². The van der Waals surface area contributed by atoms with Crippen LogP contribution in [-0.2, 0) is 6.42 Å². The van der Waals surface area contributed by atoms with Crippen molar-refractivity contribution in [1.29, 1.82) is 0 Å². The van der Waals surface area contributed by atoms with E-state index in [1.165, 1.54) is 12.8 Å². The average Bonchev–Trinajstić information content (AvgIpc) is 2.35. The molecule has 0 radical (unpaired) electrons. The highest BCUT2D eigenvalue weighted by Gasteiger charge is 2.16. The molecule has 0 aliphatic heterocycles. The Morgan fingerprint density at radius 1 is 0.938 bits per heavy atom. The van der Waals surface area contributed by atoms with Crippen molar-refractivity contribution >= 4 is 0 Å². The minimum absolute atomic E-state index is 0.690. The molecule has 0 aliphatic carbocycles. The van der Waals surface area contributed by atoms with E-state index < -0.39 is 0 Å². The van der Waals surface area contributed by atoms with Crippen molar-refractivity contribution in [2.45, 2.75) is 65.7 Å². The van der Waals surface area contributed by atoms with Gasteiger partial charge in [0, 0.05) is 0 Å². The summed E-state index contributed by atoms with van der Waals surface area (Å²) in [6.07, 6.45) is 3.63. The van der Waals surface area contributed by atoms with Crippen molar-refractivity contribution in [1.82, 2.24) is 0 Å². The summed E-state index contributed by atoms with van der Waals surface area (Å²) < 4.78 is 0. The average molecular weight is 218 g/mol. The highest BCUT2D eigenvalue weighted by atomic mass is 14.2. The zero-order valence-corrected chi connectivity index (χ0v) is 11.5. The standard InChI is InChI=1S/C16H26/c1-6-12(4)15-11-9-10-14(8-3)16(15)13(5)7-2/h9-13H,6-8H2,1-5H3. The number of benzene rings is 1. The normalized spacial score (nSPS) is 14.8. The van der Waals surface area contributed by atoms with Gasteiger partial charge in [-0.05, 0) is 47.8 Å². The van der Waals surface area contributed by atoms with Gasteiger partial charge in [0.1, 0.15) is 0 Å². The molecule has 0 spiro atoms. The largest absolute Gasteiger partial charge is 0.0648 e. The van der Waals surface area contributed by atoms with Crippen LogP contribution >= 0.6 is 0 Å². The fraction of sp³-hybridized carbons (Fsp3) is 0.625. The van der Waals surface area contributed by atoms with E-state index in [2.05, 4.69) is 52.8 Å². The SMILES string of the molecule is CCc1cccc(C(C)CC)c1C(C)CC. The molecule has 0 aromatic heterocycles. The lowest BCUT2D eigenvalue weighted by Crippen LogP contribution is -2.05. The fourth-order valence-corrected chi connectivity index (χ4v) is 2.40. The topological polar surface area (TPSA) is 0 Å². The van der Waals surface area contributed by atoms with Crippen molar-refractivity contribution in [3.63, 3.8) is 0 Å². The van der Waals surface area contributed by atoms with Gasteiger partial charge in [0.15, 0.2) is 0 Å². The Labute approximate surface area is 101 Å². The summed E-state index contributed by atoms with van der Waals surface area (Å²) in [7, 11) is 0. The molecule has 1 rings (SSSR count). The molecule has 2 atom stereocenters. The first-order valence-corrected chi connectivity index (χ1v) is 6.77. The molecule has 0 aliphatic rings. The van der Waals surface area contributed by atoms with Crippen LogP contribution in [0.5, 0.6) is 0 Å². The Morgan fingerprint density at radius 3 is 2.06 bits per heavy atom. The second-order valence-electron chi connectivity index (χ2n) is 4.89. The zero-order chi connectivity index (χ0) is 12.1. The molecule has 0 heterocycles. The maximum absolute atomic E-state index is 2.36. The number of hydrogen-bond donors (Lipinski definition) is 0. The lowest BCUT2D eigenvalue weighted by atomic mass is 9.83. The second kappa shape index (κ2) is 6.08. The van der Waals surface area contributed by atoms with Gasteiger partial charge in [-0.2, -0.15) is 0 Å². The number of aryl methyl sites for hydroxylation is 1. The van der Waals surface area contributed by atoms with E-state index in [9.17, 15) is 0 Å². The molecule has 0 saturated heterocycles. The van der Waals surface area contributed by atoms with Crippen LogP contribution in [0.2, 0.25) is 0 Å². The van der Waals surface area contributed by atoms with Crippen LogP contribution in [0, 0.1) is 0 Å². The van der Waals surface area contributed by atoms with Crippen molar-refractivity contribution in [3.05, 3.63) is 34.9 Å². The van der Waals surface area contributed by atoms with Gasteiger partial charge in [0.25, 0.3) is 0 Å². The first-order valence-electron chi connectivity index (χ1n) is 6.77. The summed E-state index contributed by atoms with van der Waals surface area (Å²) in [6, 6.07) is 6.86. The summed E-state index contributed by atoms with van der Waals surface area (Å²) in [5.74, 6) is 1.38. The third-order valence-corrected chi connectivity index (χ3v) is 3.86. The monoisotopic (exact) mass is 218 g/mol. The van der Waals surface area contributed by atoms with Crippen LogP contribution in [0.25, 0.3) is 0 Å². The van der Waals surface area contributed by atoms with Gasteiger partial charge in [-0.3, -0.25) is 0 Å². The summed E-state index contributed by atoms with van der Waals surface area (Å²) in [5.41, 5.74) is 4.75. The van der Waals surface area contributed by atoms with E-state index in [0.29, 0.717) is 11.8 Å². The smallest absolute Gasteiger partial charge is 0.0187 e. The molecule has 0 fully saturated rings.